The lowest BCUT2D eigenvalue weighted by Gasteiger charge is -2.30. The molecule has 1 heterocycles. The smallest absolute Gasteiger partial charge is 0.410 e. The molecule has 18 heavy (non-hydrogen) atoms. The molecule has 0 spiro atoms. The second-order valence-electron chi connectivity index (χ2n) is 6.26. The molecule has 1 aliphatic rings. The van der Waals surface area contributed by atoms with Gasteiger partial charge in [0.1, 0.15) is 5.60 Å². The summed E-state index contributed by atoms with van der Waals surface area (Å²) in [7, 11) is 1.98. The number of carbonyl (C=O) groups excluding carboxylic acids is 1. The van der Waals surface area contributed by atoms with Crippen molar-refractivity contribution in [3.05, 3.63) is 0 Å². The maximum Gasteiger partial charge on any atom is 0.410 e. The summed E-state index contributed by atoms with van der Waals surface area (Å²) in [6.07, 6.45) is 3.28. The number of rotatable bonds is 2. The molecule has 0 aromatic carbocycles. The normalized spacial score (nSPS) is 23.4. The van der Waals surface area contributed by atoms with Crippen molar-refractivity contribution >= 4 is 6.09 Å². The molecule has 1 rings (SSSR count). The Kier molecular flexibility index (Phi) is 5.45. The second-order valence-corrected chi connectivity index (χ2v) is 6.26. The van der Waals surface area contributed by atoms with E-state index in [4.69, 9.17) is 4.74 Å². The van der Waals surface area contributed by atoms with E-state index in [9.17, 15) is 4.79 Å². The Labute approximate surface area is 111 Å². The van der Waals surface area contributed by atoms with Gasteiger partial charge >= 0.3 is 6.09 Å². The Morgan fingerprint density at radius 2 is 2.06 bits per heavy atom. The van der Waals surface area contributed by atoms with Crippen LogP contribution in [0.15, 0.2) is 0 Å². The summed E-state index contributed by atoms with van der Waals surface area (Å²) < 4.78 is 5.46. The standard InChI is InChI=1S/C14H28N2O2/c1-11(15-5)12-8-6-7-9-16(10-12)13(17)18-14(2,3)4/h11-12,15H,6-10H2,1-5H3. The Bertz CT molecular complexity index is 273. The molecule has 106 valence electrons. The van der Waals surface area contributed by atoms with Crippen LogP contribution in [0.25, 0.3) is 0 Å². The molecule has 0 radical (unpaired) electrons. The molecule has 0 aliphatic carbocycles. The van der Waals surface area contributed by atoms with Crippen molar-refractivity contribution in [2.75, 3.05) is 20.1 Å². The number of likely N-dealkylation sites (tertiary alicyclic amines) is 1. The molecule has 4 nitrogen and oxygen atoms in total. The molecule has 0 aromatic rings. The van der Waals surface area contributed by atoms with Gasteiger partial charge in [0.15, 0.2) is 0 Å². The van der Waals surface area contributed by atoms with Gasteiger partial charge in [-0.1, -0.05) is 6.42 Å². The number of carbonyl (C=O) groups is 1. The first-order valence-corrected chi connectivity index (χ1v) is 6.98. The van der Waals surface area contributed by atoms with E-state index in [1.165, 1.54) is 12.8 Å². The van der Waals surface area contributed by atoms with E-state index in [0.29, 0.717) is 12.0 Å². The summed E-state index contributed by atoms with van der Waals surface area (Å²) in [4.78, 5) is 14.0. The summed E-state index contributed by atoms with van der Waals surface area (Å²) in [6.45, 7) is 9.55. The SMILES string of the molecule is CNC(C)C1CCCCN(C(=O)OC(C)(C)C)C1. The first-order valence-electron chi connectivity index (χ1n) is 6.98. The number of nitrogens with zero attached hydrogens (tertiary/aromatic N) is 1. The van der Waals surface area contributed by atoms with Crippen LogP contribution in [0, 0.1) is 5.92 Å². The van der Waals surface area contributed by atoms with E-state index in [-0.39, 0.29) is 6.09 Å². The zero-order valence-electron chi connectivity index (χ0n) is 12.5. The van der Waals surface area contributed by atoms with Gasteiger partial charge in [0.25, 0.3) is 0 Å². The van der Waals surface area contributed by atoms with Crippen molar-refractivity contribution in [3.63, 3.8) is 0 Å². The molecule has 0 saturated carbocycles. The van der Waals surface area contributed by atoms with Gasteiger partial charge < -0.3 is 15.0 Å². The number of amides is 1. The highest BCUT2D eigenvalue weighted by atomic mass is 16.6. The lowest BCUT2D eigenvalue weighted by atomic mass is 9.96. The molecular formula is C14H28N2O2. The largest absolute Gasteiger partial charge is 0.444 e. The van der Waals surface area contributed by atoms with E-state index in [1.807, 2.05) is 32.7 Å². The van der Waals surface area contributed by atoms with Crippen LogP contribution in [-0.2, 0) is 4.74 Å². The molecule has 1 N–H and O–H groups in total. The predicted molar refractivity (Wildman–Crippen MR) is 73.7 cm³/mol. The van der Waals surface area contributed by atoms with Crippen molar-refractivity contribution in [2.24, 2.45) is 5.92 Å². The summed E-state index contributed by atoms with van der Waals surface area (Å²) in [5, 5.41) is 3.29. The highest BCUT2D eigenvalue weighted by Gasteiger charge is 2.28. The van der Waals surface area contributed by atoms with Gasteiger partial charge in [0, 0.05) is 19.1 Å². The molecule has 2 unspecified atom stereocenters. The van der Waals surface area contributed by atoms with Crippen LogP contribution in [0.5, 0.6) is 0 Å². The van der Waals surface area contributed by atoms with E-state index in [0.717, 1.165) is 19.5 Å². The molecule has 1 saturated heterocycles. The minimum atomic E-state index is -0.409. The zero-order valence-corrected chi connectivity index (χ0v) is 12.5. The molecule has 2 atom stereocenters. The van der Waals surface area contributed by atoms with Crippen molar-refractivity contribution < 1.29 is 9.53 Å². The second kappa shape index (κ2) is 6.41. The van der Waals surface area contributed by atoms with Crippen LogP contribution in [0.4, 0.5) is 4.79 Å². The third-order valence-electron chi connectivity index (χ3n) is 3.52. The highest BCUT2D eigenvalue weighted by Crippen LogP contribution is 2.21. The van der Waals surface area contributed by atoms with Crippen molar-refractivity contribution in [2.45, 2.75) is 58.6 Å². The molecule has 1 amide bonds. The number of ether oxygens (including phenoxy) is 1. The van der Waals surface area contributed by atoms with Crippen LogP contribution in [-0.4, -0.2) is 42.8 Å². The van der Waals surface area contributed by atoms with Gasteiger partial charge in [0.2, 0.25) is 0 Å². The fraction of sp³-hybridized carbons (Fsp3) is 0.929. The Morgan fingerprint density at radius 3 is 2.61 bits per heavy atom. The zero-order chi connectivity index (χ0) is 13.8. The number of nitrogens with one attached hydrogen (secondary N) is 1. The van der Waals surface area contributed by atoms with Crippen LogP contribution in [0.1, 0.15) is 47.0 Å². The molecule has 0 bridgehead atoms. The lowest BCUT2D eigenvalue weighted by Crippen LogP contribution is -2.43. The van der Waals surface area contributed by atoms with E-state index >= 15 is 0 Å². The maximum atomic E-state index is 12.1. The Balaban J connectivity index is 2.61. The minimum absolute atomic E-state index is 0.169. The van der Waals surface area contributed by atoms with E-state index in [1.54, 1.807) is 0 Å². The Hall–Kier alpha value is -0.770. The minimum Gasteiger partial charge on any atom is -0.444 e. The molecule has 1 fully saturated rings. The quantitative estimate of drug-likeness (QED) is 0.826. The lowest BCUT2D eigenvalue weighted by molar-refractivity contribution is 0.0227. The fourth-order valence-electron chi connectivity index (χ4n) is 2.31. The van der Waals surface area contributed by atoms with Crippen LogP contribution in [0.2, 0.25) is 0 Å². The molecule has 0 aromatic heterocycles. The van der Waals surface area contributed by atoms with Gasteiger partial charge in [0.05, 0.1) is 0 Å². The first-order chi connectivity index (χ1) is 8.33. The van der Waals surface area contributed by atoms with Crippen molar-refractivity contribution in [1.29, 1.82) is 0 Å². The van der Waals surface area contributed by atoms with E-state index < -0.39 is 5.60 Å². The van der Waals surface area contributed by atoms with Gasteiger partial charge in [-0.25, -0.2) is 4.79 Å². The molecule has 1 aliphatic heterocycles. The predicted octanol–water partition coefficient (Wildman–Crippen LogP) is 2.63. The monoisotopic (exact) mass is 256 g/mol. The fourth-order valence-corrected chi connectivity index (χ4v) is 2.31. The van der Waals surface area contributed by atoms with Gasteiger partial charge in [-0.15, -0.1) is 0 Å². The van der Waals surface area contributed by atoms with Gasteiger partial charge in [-0.05, 0) is 53.5 Å². The summed E-state index contributed by atoms with van der Waals surface area (Å²) >= 11 is 0. The molecular weight excluding hydrogens is 228 g/mol. The summed E-state index contributed by atoms with van der Waals surface area (Å²) in [5.41, 5.74) is -0.409. The third kappa shape index (κ3) is 4.84. The van der Waals surface area contributed by atoms with Crippen LogP contribution >= 0.6 is 0 Å². The number of hydrogen-bond acceptors (Lipinski definition) is 3. The summed E-state index contributed by atoms with van der Waals surface area (Å²) in [5.74, 6) is 0.519. The maximum absolute atomic E-state index is 12.1. The number of hydrogen-bond donors (Lipinski definition) is 1. The summed E-state index contributed by atoms with van der Waals surface area (Å²) in [6, 6.07) is 0.438. The van der Waals surface area contributed by atoms with E-state index in [2.05, 4.69) is 12.2 Å². The average molecular weight is 256 g/mol. The first kappa shape index (κ1) is 15.3. The van der Waals surface area contributed by atoms with Crippen molar-refractivity contribution in [1.82, 2.24) is 10.2 Å². The van der Waals surface area contributed by atoms with Gasteiger partial charge in [-0.3, -0.25) is 0 Å². The molecule has 4 heteroatoms. The third-order valence-corrected chi connectivity index (χ3v) is 3.52. The topological polar surface area (TPSA) is 41.6 Å². The average Bonchev–Trinajstić information content (AvgIpc) is 2.51. The van der Waals surface area contributed by atoms with Crippen LogP contribution < -0.4 is 5.32 Å². The highest BCUT2D eigenvalue weighted by molar-refractivity contribution is 5.68. The van der Waals surface area contributed by atoms with Crippen LogP contribution in [0.3, 0.4) is 0 Å². The van der Waals surface area contributed by atoms with Gasteiger partial charge in [-0.2, -0.15) is 0 Å². The Morgan fingerprint density at radius 1 is 1.39 bits per heavy atom. The van der Waals surface area contributed by atoms with Crippen molar-refractivity contribution in [3.8, 4) is 0 Å².